The summed E-state index contributed by atoms with van der Waals surface area (Å²) < 4.78 is 5.76. The summed E-state index contributed by atoms with van der Waals surface area (Å²) in [6.45, 7) is 3.41. The third kappa shape index (κ3) is 6.36. The number of nitrogens with one attached hydrogen (secondary N) is 1. The number of hydrogen-bond acceptors (Lipinski definition) is 3. The van der Waals surface area contributed by atoms with Crippen molar-refractivity contribution in [1.29, 1.82) is 0 Å². The van der Waals surface area contributed by atoms with E-state index in [4.69, 9.17) is 4.74 Å². The third-order valence-electron chi connectivity index (χ3n) is 5.05. The van der Waals surface area contributed by atoms with E-state index in [2.05, 4.69) is 12.2 Å². The number of unbranched alkanes of at least 4 members (excludes halogenated alkanes) is 2. The van der Waals surface area contributed by atoms with Gasteiger partial charge in [0.05, 0.1) is 18.4 Å². The van der Waals surface area contributed by atoms with Crippen molar-refractivity contribution in [3.63, 3.8) is 0 Å². The van der Waals surface area contributed by atoms with E-state index in [0.29, 0.717) is 25.8 Å². The first-order chi connectivity index (χ1) is 12.6. The zero-order valence-corrected chi connectivity index (χ0v) is 15.7. The van der Waals surface area contributed by atoms with E-state index >= 15 is 0 Å². The first-order valence-electron chi connectivity index (χ1n) is 9.84. The average Bonchev–Trinajstić information content (AvgIpc) is 2.65. The Labute approximate surface area is 156 Å². The van der Waals surface area contributed by atoms with Crippen LogP contribution in [0.3, 0.4) is 0 Å². The molecule has 2 atom stereocenters. The lowest BCUT2D eigenvalue weighted by atomic mass is 9.78. The van der Waals surface area contributed by atoms with Crippen LogP contribution in [0.1, 0.15) is 57.4 Å². The Bertz CT molecular complexity index is 587. The fourth-order valence-corrected chi connectivity index (χ4v) is 3.53. The summed E-state index contributed by atoms with van der Waals surface area (Å²) in [4.78, 5) is 23.7. The van der Waals surface area contributed by atoms with Gasteiger partial charge in [-0.25, -0.2) is 0 Å². The van der Waals surface area contributed by atoms with Crippen LogP contribution in [0.4, 0.5) is 0 Å². The fourth-order valence-electron chi connectivity index (χ4n) is 3.53. The van der Waals surface area contributed by atoms with Gasteiger partial charge in [0.1, 0.15) is 5.75 Å². The molecule has 0 aromatic heterocycles. The van der Waals surface area contributed by atoms with Crippen LogP contribution in [-0.2, 0) is 16.0 Å². The van der Waals surface area contributed by atoms with Gasteiger partial charge in [-0.1, -0.05) is 44.7 Å². The van der Waals surface area contributed by atoms with Crippen LogP contribution >= 0.6 is 0 Å². The van der Waals surface area contributed by atoms with Gasteiger partial charge in [0.2, 0.25) is 5.91 Å². The molecule has 0 radical (unpaired) electrons. The van der Waals surface area contributed by atoms with E-state index in [1.54, 1.807) is 0 Å². The number of hydrogen-bond donors (Lipinski definition) is 2. The van der Waals surface area contributed by atoms with Crippen molar-refractivity contribution in [2.24, 2.45) is 11.8 Å². The van der Waals surface area contributed by atoms with Gasteiger partial charge >= 0.3 is 5.97 Å². The number of rotatable bonds is 10. The van der Waals surface area contributed by atoms with Gasteiger partial charge in [-0.15, -0.1) is 0 Å². The van der Waals surface area contributed by atoms with Gasteiger partial charge in [0.25, 0.3) is 0 Å². The van der Waals surface area contributed by atoms with Crippen molar-refractivity contribution in [3.8, 4) is 5.75 Å². The summed E-state index contributed by atoms with van der Waals surface area (Å²) in [5, 5.41) is 12.2. The van der Waals surface area contributed by atoms with Gasteiger partial charge in [0, 0.05) is 6.54 Å². The Balaban J connectivity index is 1.78. The Kier molecular flexibility index (Phi) is 8.45. The van der Waals surface area contributed by atoms with Crippen LogP contribution in [0, 0.1) is 11.8 Å². The maximum Gasteiger partial charge on any atom is 0.307 e. The maximum atomic E-state index is 12.4. The lowest BCUT2D eigenvalue weighted by Crippen LogP contribution is -2.40. The highest BCUT2D eigenvalue weighted by molar-refractivity contribution is 5.84. The third-order valence-corrected chi connectivity index (χ3v) is 5.05. The standard InChI is InChI=1S/C21H31NO4/c1-2-3-6-14-26-17-9-7-8-16(15-17)12-13-22-20(23)18-10-4-5-11-19(18)21(24)25/h7-9,15,18-19H,2-6,10-14H2,1H3,(H,22,23)(H,24,25). The zero-order chi connectivity index (χ0) is 18.8. The lowest BCUT2D eigenvalue weighted by molar-refractivity contribution is -0.148. The van der Waals surface area contributed by atoms with Crippen molar-refractivity contribution >= 4 is 11.9 Å². The molecule has 1 aliphatic carbocycles. The van der Waals surface area contributed by atoms with Gasteiger partial charge in [-0.2, -0.15) is 0 Å². The minimum atomic E-state index is -0.849. The Morgan fingerprint density at radius 3 is 2.69 bits per heavy atom. The fraction of sp³-hybridized carbons (Fsp3) is 0.619. The van der Waals surface area contributed by atoms with Crippen LogP contribution in [-0.4, -0.2) is 30.1 Å². The van der Waals surface area contributed by atoms with Crippen LogP contribution < -0.4 is 10.1 Å². The van der Waals surface area contributed by atoms with E-state index in [1.165, 1.54) is 12.8 Å². The van der Waals surface area contributed by atoms with Crippen molar-refractivity contribution in [2.75, 3.05) is 13.2 Å². The molecule has 0 heterocycles. The lowest BCUT2D eigenvalue weighted by Gasteiger charge is -2.27. The second-order valence-corrected chi connectivity index (χ2v) is 7.08. The summed E-state index contributed by atoms with van der Waals surface area (Å²) in [6.07, 6.45) is 7.21. The molecule has 0 spiro atoms. The first-order valence-corrected chi connectivity index (χ1v) is 9.84. The molecular weight excluding hydrogens is 330 g/mol. The molecule has 2 N–H and O–H groups in total. The molecule has 1 aliphatic rings. The van der Waals surface area contributed by atoms with Crippen molar-refractivity contribution < 1.29 is 19.4 Å². The quantitative estimate of drug-likeness (QED) is 0.622. The number of carboxylic acids is 1. The predicted octanol–water partition coefficient (Wildman–Crippen LogP) is 3.81. The second kappa shape index (κ2) is 10.8. The van der Waals surface area contributed by atoms with Crippen LogP contribution in [0.2, 0.25) is 0 Å². The predicted molar refractivity (Wildman–Crippen MR) is 101 cm³/mol. The molecule has 0 bridgehead atoms. The smallest absolute Gasteiger partial charge is 0.307 e. The monoisotopic (exact) mass is 361 g/mol. The summed E-state index contributed by atoms with van der Waals surface area (Å²) >= 11 is 0. The van der Waals surface area contributed by atoms with Crippen molar-refractivity contribution in [1.82, 2.24) is 5.32 Å². The minimum Gasteiger partial charge on any atom is -0.494 e. The van der Waals surface area contributed by atoms with Crippen molar-refractivity contribution in [2.45, 2.75) is 58.3 Å². The molecule has 0 saturated heterocycles. The molecule has 0 aliphatic heterocycles. The molecule has 1 fully saturated rings. The molecule has 1 aromatic rings. The number of benzene rings is 1. The van der Waals surface area contributed by atoms with E-state index < -0.39 is 17.8 Å². The summed E-state index contributed by atoms with van der Waals surface area (Å²) in [7, 11) is 0. The largest absolute Gasteiger partial charge is 0.494 e. The van der Waals surface area contributed by atoms with Gasteiger partial charge in [0.15, 0.2) is 0 Å². The molecule has 5 nitrogen and oxygen atoms in total. The van der Waals surface area contributed by atoms with Gasteiger partial charge < -0.3 is 15.2 Å². The van der Waals surface area contributed by atoms with Gasteiger partial charge in [-0.3, -0.25) is 9.59 Å². The van der Waals surface area contributed by atoms with E-state index in [-0.39, 0.29) is 5.91 Å². The maximum absolute atomic E-state index is 12.4. The van der Waals surface area contributed by atoms with Crippen LogP contribution in [0.25, 0.3) is 0 Å². The average molecular weight is 361 g/mol. The van der Waals surface area contributed by atoms with Crippen molar-refractivity contribution in [3.05, 3.63) is 29.8 Å². The highest BCUT2D eigenvalue weighted by atomic mass is 16.5. The first kappa shape index (κ1) is 20.3. The number of carbonyl (C=O) groups excluding carboxylic acids is 1. The number of carbonyl (C=O) groups is 2. The molecule has 1 aromatic carbocycles. The second-order valence-electron chi connectivity index (χ2n) is 7.08. The Morgan fingerprint density at radius 2 is 1.96 bits per heavy atom. The molecule has 26 heavy (non-hydrogen) atoms. The normalized spacial score (nSPS) is 19.7. The van der Waals surface area contributed by atoms with E-state index in [0.717, 1.165) is 37.2 Å². The molecule has 1 saturated carbocycles. The summed E-state index contributed by atoms with van der Waals surface area (Å²) in [5.41, 5.74) is 1.11. The molecule has 1 amide bonds. The Hall–Kier alpha value is -2.04. The molecule has 2 rings (SSSR count). The van der Waals surface area contributed by atoms with E-state index in [1.807, 2.05) is 24.3 Å². The number of ether oxygens (including phenoxy) is 1. The highest BCUT2D eigenvalue weighted by Gasteiger charge is 2.35. The number of aliphatic carboxylic acids is 1. The Morgan fingerprint density at radius 1 is 1.19 bits per heavy atom. The van der Waals surface area contributed by atoms with Gasteiger partial charge in [-0.05, 0) is 43.4 Å². The molecule has 144 valence electrons. The molecular formula is C21H31NO4. The highest BCUT2D eigenvalue weighted by Crippen LogP contribution is 2.30. The topological polar surface area (TPSA) is 75.6 Å². The van der Waals surface area contributed by atoms with Crippen LogP contribution in [0.15, 0.2) is 24.3 Å². The molecule has 2 unspecified atom stereocenters. The molecule has 5 heteroatoms. The number of amides is 1. The SMILES string of the molecule is CCCCCOc1cccc(CCNC(=O)C2CCCCC2C(=O)O)c1. The summed E-state index contributed by atoms with van der Waals surface area (Å²) in [5.74, 6) is -1.04. The van der Waals surface area contributed by atoms with Crippen LogP contribution in [0.5, 0.6) is 5.75 Å². The van der Waals surface area contributed by atoms with E-state index in [9.17, 15) is 14.7 Å². The zero-order valence-electron chi connectivity index (χ0n) is 15.7. The number of carboxylic acid groups (broad SMARTS) is 1. The minimum absolute atomic E-state index is 0.121. The summed E-state index contributed by atoms with van der Waals surface area (Å²) in [6, 6.07) is 7.95.